The molecule has 100 valence electrons. The van der Waals surface area contributed by atoms with Gasteiger partial charge in [0.2, 0.25) is 5.91 Å². The molecule has 1 aromatic carbocycles. The topological polar surface area (TPSA) is 78.9 Å². The van der Waals surface area contributed by atoms with Crippen LogP contribution in [0.3, 0.4) is 0 Å². The van der Waals surface area contributed by atoms with Crippen molar-refractivity contribution in [2.75, 3.05) is 13.2 Å². The second-order valence-electron chi connectivity index (χ2n) is 4.82. The molecule has 2 amide bonds. The summed E-state index contributed by atoms with van der Waals surface area (Å²) in [5.74, 6) is -0.514. The van der Waals surface area contributed by atoms with Crippen LogP contribution in [0.1, 0.15) is 21.5 Å². The lowest BCUT2D eigenvalue weighted by molar-refractivity contribution is -0.149. The number of hydrogen-bond acceptors (Lipinski definition) is 4. The van der Waals surface area contributed by atoms with Crippen molar-refractivity contribution in [3.63, 3.8) is 0 Å². The summed E-state index contributed by atoms with van der Waals surface area (Å²) in [6.07, 6.45) is 0.674. The van der Waals surface area contributed by atoms with Gasteiger partial charge in [0.1, 0.15) is 6.61 Å². The average molecular weight is 262 g/mol. The quantitative estimate of drug-likeness (QED) is 0.555. The summed E-state index contributed by atoms with van der Waals surface area (Å²) in [5.41, 5.74) is 4.11. The normalized spacial score (nSPS) is 21.6. The van der Waals surface area contributed by atoms with E-state index in [0.717, 1.165) is 11.1 Å². The van der Waals surface area contributed by atoms with E-state index in [0.29, 0.717) is 25.1 Å². The van der Waals surface area contributed by atoms with Gasteiger partial charge in [-0.1, -0.05) is 6.07 Å². The first-order valence-corrected chi connectivity index (χ1v) is 6.12. The van der Waals surface area contributed by atoms with E-state index in [9.17, 15) is 9.59 Å². The number of amides is 2. The summed E-state index contributed by atoms with van der Waals surface area (Å²) >= 11 is 0. The minimum Gasteiger partial charge on any atom is -0.369 e. The smallest absolute Gasteiger partial charge is 0.274 e. The van der Waals surface area contributed by atoms with Gasteiger partial charge < -0.3 is 9.64 Å². The number of rotatable bonds is 1. The number of hydroxylamine groups is 1. The lowest BCUT2D eigenvalue weighted by atomic mass is 9.92. The third kappa shape index (κ3) is 2.09. The van der Waals surface area contributed by atoms with Gasteiger partial charge in [0.15, 0.2) is 0 Å². The van der Waals surface area contributed by atoms with Crippen LogP contribution in [-0.4, -0.2) is 41.2 Å². The molecule has 2 aliphatic rings. The fourth-order valence-electron chi connectivity index (χ4n) is 2.66. The highest BCUT2D eigenvalue weighted by atomic mass is 16.5. The molecule has 0 aliphatic carbocycles. The van der Waals surface area contributed by atoms with E-state index >= 15 is 0 Å². The van der Waals surface area contributed by atoms with E-state index in [2.05, 4.69) is 0 Å². The fraction of sp³-hybridized carbons (Fsp3) is 0.385. The highest BCUT2D eigenvalue weighted by Gasteiger charge is 2.33. The second-order valence-corrected chi connectivity index (χ2v) is 4.82. The Morgan fingerprint density at radius 3 is 3.05 bits per heavy atom. The standard InChI is InChI=1S/C13H14N2O4/c16-12-7-19-6-11-4-10-3-8(13(17)14-18)1-2-9(10)5-15(11)12/h1-3,11,18H,4-7H2,(H,14,17)/t11-/m0/s1. The molecule has 0 saturated carbocycles. The number of carbonyl (C=O) groups excluding carboxylic acids is 2. The van der Waals surface area contributed by atoms with Crippen molar-refractivity contribution in [3.05, 3.63) is 34.9 Å². The number of ether oxygens (including phenoxy) is 1. The van der Waals surface area contributed by atoms with Gasteiger partial charge in [-0.3, -0.25) is 14.8 Å². The van der Waals surface area contributed by atoms with Crippen LogP contribution in [0, 0.1) is 0 Å². The maximum atomic E-state index is 11.8. The molecule has 0 unspecified atom stereocenters. The minimum atomic E-state index is -0.527. The molecule has 19 heavy (non-hydrogen) atoms. The average Bonchev–Trinajstić information content (AvgIpc) is 2.44. The van der Waals surface area contributed by atoms with Crippen molar-refractivity contribution in [2.24, 2.45) is 0 Å². The molecule has 2 N–H and O–H groups in total. The second kappa shape index (κ2) is 4.64. The predicted molar refractivity (Wildman–Crippen MR) is 64.6 cm³/mol. The first-order chi connectivity index (χ1) is 9.19. The third-order valence-electron chi connectivity index (χ3n) is 3.66. The molecule has 6 nitrogen and oxygen atoms in total. The molecule has 0 radical (unpaired) electrons. The van der Waals surface area contributed by atoms with Gasteiger partial charge in [0, 0.05) is 12.1 Å². The molecule has 0 bridgehead atoms. The fourth-order valence-corrected chi connectivity index (χ4v) is 2.66. The van der Waals surface area contributed by atoms with Gasteiger partial charge in [-0.2, -0.15) is 0 Å². The predicted octanol–water partition coefficient (Wildman–Crippen LogP) is 0.0891. The van der Waals surface area contributed by atoms with Crippen molar-refractivity contribution in [1.82, 2.24) is 10.4 Å². The molecule has 3 rings (SSSR count). The molecule has 1 aromatic rings. The first kappa shape index (κ1) is 12.1. The van der Waals surface area contributed by atoms with Gasteiger partial charge in [0.25, 0.3) is 5.91 Å². The number of nitrogens with zero attached hydrogens (tertiary/aromatic N) is 1. The molecule has 0 spiro atoms. The van der Waals surface area contributed by atoms with Crippen molar-refractivity contribution in [2.45, 2.75) is 19.0 Å². The van der Waals surface area contributed by atoms with Crippen molar-refractivity contribution in [1.29, 1.82) is 0 Å². The molecule has 6 heteroatoms. The Labute approximate surface area is 109 Å². The maximum absolute atomic E-state index is 11.8. The van der Waals surface area contributed by atoms with E-state index in [4.69, 9.17) is 9.94 Å². The SMILES string of the molecule is O=C(NO)c1ccc2c(c1)C[C@H]1COCC(=O)N1C2. The zero-order chi connectivity index (χ0) is 13.4. The third-order valence-corrected chi connectivity index (χ3v) is 3.66. The van der Waals surface area contributed by atoms with E-state index < -0.39 is 5.91 Å². The Morgan fingerprint density at radius 1 is 1.42 bits per heavy atom. The molecular weight excluding hydrogens is 248 g/mol. The summed E-state index contributed by atoms with van der Waals surface area (Å²) in [7, 11) is 0. The van der Waals surface area contributed by atoms with Crippen LogP contribution < -0.4 is 5.48 Å². The molecule has 1 saturated heterocycles. The van der Waals surface area contributed by atoms with Crippen LogP contribution in [0.25, 0.3) is 0 Å². The molecule has 1 atom stereocenters. The lowest BCUT2D eigenvalue weighted by Crippen LogP contribution is -2.52. The van der Waals surface area contributed by atoms with Crippen molar-refractivity contribution in [3.8, 4) is 0 Å². The summed E-state index contributed by atoms with van der Waals surface area (Å²) < 4.78 is 5.25. The number of carbonyl (C=O) groups is 2. The largest absolute Gasteiger partial charge is 0.369 e. The van der Waals surface area contributed by atoms with Crippen LogP contribution in [0.5, 0.6) is 0 Å². The zero-order valence-electron chi connectivity index (χ0n) is 10.3. The Bertz CT molecular complexity index is 543. The number of benzene rings is 1. The van der Waals surface area contributed by atoms with E-state index in [1.165, 1.54) is 0 Å². The molecule has 2 aliphatic heterocycles. The van der Waals surface area contributed by atoms with Gasteiger partial charge >= 0.3 is 0 Å². The Kier molecular flexibility index (Phi) is 2.96. The van der Waals surface area contributed by atoms with Crippen molar-refractivity contribution < 1.29 is 19.5 Å². The van der Waals surface area contributed by atoms with E-state index in [1.54, 1.807) is 17.6 Å². The van der Waals surface area contributed by atoms with Crippen LogP contribution in [-0.2, 0) is 22.5 Å². The van der Waals surface area contributed by atoms with Gasteiger partial charge in [-0.05, 0) is 29.7 Å². The van der Waals surface area contributed by atoms with Gasteiger partial charge in [-0.25, -0.2) is 5.48 Å². The van der Waals surface area contributed by atoms with Crippen LogP contribution in [0.4, 0.5) is 0 Å². The van der Waals surface area contributed by atoms with Gasteiger partial charge in [0.05, 0.1) is 12.6 Å². The number of fused-ring (bicyclic) bond motifs is 2. The van der Waals surface area contributed by atoms with E-state index in [1.807, 2.05) is 11.0 Å². The number of morpholine rings is 1. The molecular formula is C13H14N2O4. The summed E-state index contributed by atoms with van der Waals surface area (Å²) in [6.45, 7) is 1.24. The monoisotopic (exact) mass is 262 g/mol. The summed E-state index contributed by atoms with van der Waals surface area (Å²) in [4.78, 5) is 25.0. The van der Waals surface area contributed by atoms with Crippen molar-refractivity contribution >= 4 is 11.8 Å². The van der Waals surface area contributed by atoms with Crippen LogP contribution in [0.2, 0.25) is 0 Å². The molecule has 0 aromatic heterocycles. The summed E-state index contributed by atoms with van der Waals surface area (Å²) in [6, 6.07) is 5.28. The highest BCUT2D eigenvalue weighted by Crippen LogP contribution is 2.26. The molecule has 1 fully saturated rings. The Balaban J connectivity index is 1.91. The lowest BCUT2D eigenvalue weighted by Gasteiger charge is -2.39. The first-order valence-electron chi connectivity index (χ1n) is 6.12. The number of hydrogen-bond donors (Lipinski definition) is 2. The summed E-state index contributed by atoms with van der Waals surface area (Å²) in [5, 5.41) is 8.64. The highest BCUT2D eigenvalue weighted by molar-refractivity contribution is 5.93. The minimum absolute atomic E-state index is 0.0130. The van der Waals surface area contributed by atoms with Crippen LogP contribution in [0.15, 0.2) is 18.2 Å². The molecule has 2 heterocycles. The number of nitrogens with one attached hydrogen (secondary N) is 1. The zero-order valence-corrected chi connectivity index (χ0v) is 10.3. The van der Waals surface area contributed by atoms with E-state index in [-0.39, 0.29) is 18.6 Å². The maximum Gasteiger partial charge on any atom is 0.274 e. The Morgan fingerprint density at radius 2 is 2.26 bits per heavy atom. The van der Waals surface area contributed by atoms with Crippen LogP contribution >= 0.6 is 0 Å². The Hall–Kier alpha value is -1.92. The van der Waals surface area contributed by atoms with Gasteiger partial charge in [-0.15, -0.1) is 0 Å².